The number of amides is 1. The molecule has 0 saturated carbocycles. The fourth-order valence-electron chi connectivity index (χ4n) is 2.02. The summed E-state index contributed by atoms with van der Waals surface area (Å²) in [5, 5.41) is 3.37. The molecule has 0 saturated heterocycles. The van der Waals surface area contributed by atoms with Crippen LogP contribution in [0.1, 0.15) is 12.8 Å². The maximum absolute atomic E-state index is 11.8. The number of hydrogen-bond acceptors (Lipinski definition) is 3. The first-order valence-corrected chi connectivity index (χ1v) is 9.51. The van der Waals surface area contributed by atoms with E-state index in [1.165, 1.54) is 4.90 Å². The number of likely N-dealkylation sites (N-methyl/N-ethyl adjacent to an activating group) is 1. The van der Waals surface area contributed by atoms with Crippen molar-refractivity contribution in [2.45, 2.75) is 17.7 Å². The Morgan fingerprint density at radius 3 is 2.58 bits per heavy atom. The third-order valence-corrected chi connectivity index (χ3v) is 4.54. The molecule has 5 nitrogen and oxygen atoms in total. The van der Waals surface area contributed by atoms with Crippen LogP contribution in [0.2, 0.25) is 0 Å². The Labute approximate surface area is 179 Å². The molecule has 1 aromatic carbocycles. The zero-order valence-electron chi connectivity index (χ0n) is 16.0. The van der Waals surface area contributed by atoms with E-state index in [2.05, 4.69) is 33.9 Å². The molecular weight excluding hydrogens is 459 g/mol. The quantitative estimate of drug-likeness (QED) is 0.137. The van der Waals surface area contributed by atoms with Crippen molar-refractivity contribution in [3.63, 3.8) is 0 Å². The maximum Gasteiger partial charge on any atom is 0.243 e. The molecule has 7 heteroatoms. The molecule has 0 heterocycles. The minimum atomic E-state index is -0.00236. The Bertz CT molecular complexity index is 552. The summed E-state index contributed by atoms with van der Waals surface area (Å²) in [6.45, 7) is 5.58. The highest BCUT2D eigenvalue weighted by atomic mass is 127. The molecule has 0 spiro atoms. The monoisotopic (exact) mass is 490 g/mol. The second-order valence-electron chi connectivity index (χ2n) is 5.87. The first kappa shape index (κ1) is 24.8. The van der Waals surface area contributed by atoms with E-state index in [-0.39, 0.29) is 36.4 Å². The third-order valence-electron chi connectivity index (χ3n) is 3.52. The van der Waals surface area contributed by atoms with E-state index in [1.807, 2.05) is 31.3 Å². The molecule has 0 aliphatic heterocycles. The Hall–Kier alpha value is -1.22. The lowest BCUT2D eigenvalue weighted by atomic mass is 10.3. The largest absolute Gasteiger partial charge is 0.355 e. The number of carbonyl (C=O) groups is 1. The van der Waals surface area contributed by atoms with Crippen LogP contribution in [-0.4, -0.2) is 68.2 Å². The van der Waals surface area contributed by atoms with E-state index in [4.69, 9.17) is 0 Å². The van der Waals surface area contributed by atoms with Crippen molar-refractivity contribution < 1.29 is 4.79 Å². The third kappa shape index (κ3) is 10.7. The van der Waals surface area contributed by atoms with Crippen LogP contribution in [-0.2, 0) is 4.79 Å². The smallest absolute Gasteiger partial charge is 0.243 e. The van der Waals surface area contributed by atoms with Crippen LogP contribution in [0.3, 0.4) is 0 Å². The summed E-state index contributed by atoms with van der Waals surface area (Å²) in [5.74, 6) is 1.70. The molecule has 0 aliphatic carbocycles. The number of nitrogens with zero attached hydrogens (tertiary/aromatic N) is 3. The van der Waals surface area contributed by atoms with Crippen LogP contribution in [0.25, 0.3) is 0 Å². The Morgan fingerprint density at radius 2 is 1.96 bits per heavy atom. The number of thioether (sulfide) groups is 1. The molecule has 0 unspecified atom stereocenters. The number of carbonyl (C=O) groups excluding carboxylic acids is 1. The van der Waals surface area contributed by atoms with Gasteiger partial charge < -0.3 is 15.1 Å². The number of halogens is 1. The topological polar surface area (TPSA) is 47.9 Å². The summed E-state index contributed by atoms with van der Waals surface area (Å²) in [6, 6.07) is 10.3. The lowest BCUT2D eigenvalue weighted by Gasteiger charge is -2.22. The molecule has 1 amide bonds. The van der Waals surface area contributed by atoms with Gasteiger partial charge in [-0.3, -0.25) is 4.79 Å². The number of allylic oxidation sites excluding steroid dienone is 1. The Kier molecular flexibility index (Phi) is 14.2. The zero-order chi connectivity index (χ0) is 18.5. The SMILES string of the molecule is C=CCCCN(C)C(=NCC(=O)N(C)C)NCCSc1ccccc1.I. The highest BCUT2D eigenvalue weighted by Gasteiger charge is 2.08. The number of nitrogens with one attached hydrogen (secondary N) is 1. The van der Waals surface area contributed by atoms with Crippen LogP contribution in [0, 0.1) is 0 Å². The Morgan fingerprint density at radius 1 is 1.27 bits per heavy atom. The molecule has 0 fully saturated rings. The molecule has 0 atom stereocenters. The summed E-state index contributed by atoms with van der Waals surface area (Å²) in [4.78, 5) is 21.2. The van der Waals surface area contributed by atoms with Gasteiger partial charge in [-0.1, -0.05) is 24.3 Å². The van der Waals surface area contributed by atoms with Gasteiger partial charge >= 0.3 is 0 Å². The van der Waals surface area contributed by atoms with Crippen molar-refractivity contribution in [1.82, 2.24) is 15.1 Å². The van der Waals surface area contributed by atoms with Crippen LogP contribution in [0.4, 0.5) is 0 Å². The zero-order valence-corrected chi connectivity index (χ0v) is 19.1. The number of benzene rings is 1. The van der Waals surface area contributed by atoms with Gasteiger partial charge in [0.1, 0.15) is 6.54 Å². The summed E-state index contributed by atoms with van der Waals surface area (Å²) < 4.78 is 0. The average Bonchev–Trinajstić information content (AvgIpc) is 2.61. The molecule has 0 aromatic heterocycles. The summed E-state index contributed by atoms with van der Waals surface area (Å²) in [7, 11) is 5.49. The normalized spacial score (nSPS) is 10.7. The van der Waals surface area contributed by atoms with Gasteiger partial charge in [0.2, 0.25) is 5.91 Å². The van der Waals surface area contributed by atoms with Gasteiger partial charge in [0, 0.05) is 44.9 Å². The van der Waals surface area contributed by atoms with Crippen LogP contribution in [0.15, 0.2) is 52.9 Å². The summed E-state index contributed by atoms with van der Waals surface area (Å²) >= 11 is 1.80. The van der Waals surface area contributed by atoms with Gasteiger partial charge in [-0.05, 0) is 25.0 Å². The predicted molar refractivity (Wildman–Crippen MR) is 124 cm³/mol. The maximum atomic E-state index is 11.8. The number of hydrogen-bond donors (Lipinski definition) is 1. The molecule has 0 bridgehead atoms. The van der Waals surface area contributed by atoms with Crippen molar-refractivity contribution in [2.24, 2.45) is 4.99 Å². The van der Waals surface area contributed by atoms with Gasteiger partial charge in [0.05, 0.1) is 0 Å². The van der Waals surface area contributed by atoms with E-state index in [9.17, 15) is 4.79 Å². The highest BCUT2D eigenvalue weighted by molar-refractivity contribution is 14.0. The van der Waals surface area contributed by atoms with Crippen LogP contribution < -0.4 is 5.32 Å². The molecule has 0 aliphatic rings. The van der Waals surface area contributed by atoms with Gasteiger partial charge in [0.15, 0.2) is 5.96 Å². The minimum absolute atomic E-state index is 0. The van der Waals surface area contributed by atoms with Crippen molar-refractivity contribution in [3.05, 3.63) is 43.0 Å². The molecule has 146 valence electrons. The highest BCUT2D eigenvalue weighted by Crippen LogP contribution is 2.15. The van der Waals surface area contributed by atoms with E-state index < -0.39 is 0 Å². The van der Waals surface area contributed by atoms with Crippen molar-refractivity contribution >= 4 is 47.6 Å². The van der Waals surface area contributed by atoms with Crippen LogP contribution >= 0.6 is 35.7 Å². The summed E-state index contributed by atoms with van der Waals surface area (Å²) in [5.41, 5.74) is 0. The van der Waals surface area contributed by atoms with Gasteiger partial charge in [-0.15, -0.1) is 42.3 Å². The Balaban J connectivity index is 0.00000625. The van der Waals surface area contributed by atoms with Gasteiger partial charge in [-0.25, -0.2) is 4.99 Å². The number of aliphatic imine (C=N–C) groups is 1. The first-order valence-electron chi connectivity index (χ1n) is 8.53. The average molecular weight is 490 g/mol. The van der Waals surface area contributed by atoms with Gasteiger partial charge in [-0.2, -0.15) is 0 Å². The lowest BCUT2D eigenvalue weighted by Crippen LogP contribution is -2.41. The molecule has 0 radical (unpaired) electrons. The first-order chi connectivity index (χ1) is 12.0. The lowest BCUT2D eigenvalue weighted by molar-refractivity contribution is -0.127. The number of guanidine groups is 1. The number of unbranched alkanes of at least 4 members (excludes halogenated alkanes) is 1. The second-order valence-corrected chi connectivity index (χ2v) is 7.04. The fourth-order valence-corrected chi connectivity index (χ4v) is 2.81. The van der Waals surface area contributed by atoms with Crippen molar-refractivity contribution in [2.75, 3.05) is 46.5 Å². The van der Waals surface area contributed by atoms with E-state index in [0.717, 1.165) is 37.6 Å². The summed E-state index contributed by atoms with van der Waals surface area (Å²) in [6.07, 6.45) is 3.91. The molecule has 1 aromatic rings. The van der Waals surface area contributed by atoms with Crippen LogP contribution in [0.5, 0.6) is 0 Å². The standard InChI is InChI=1S/C19H30N4OS.HI/c1-5-6-10-14-23(4)19(21-16-18(24)22(2)3)20-13-15-25-17-11-8-7-9-12-17;/h5,7-9,11-12H,1,6,10,13-16H2,2-4H3,(H,20,21);1H. The second kappa shape index (κ2) is 14.9. The van der Waals surface area contributed by atoms with E-state index in [0.29, 0.717) is 0 Å². The number of rotatable bonds is 10. The molecule has 1 N–H and O–H groups in total. The molecule has 1 rings (SSSR count). The van der Waals surface area contributed by atoms with E-state index in [1.54, 1.807) is 30.8 Å². The van der Waals surface area contributed by atoms with E-state index >= 15 is 0 Å². The molecule has 26 heavy (non-hydrogen) atoms. The predicted octanol–water partition coefficient (Wildman–Crippen LogP) is 3.33. The van der Waals surface area contributed by atoms with Gasteiger partial charge in [0.25, 0.3) is 0 Å². The van der Waals surface area contributed by atoms with Crippen molar-refractivity contribution in [3.8, 4) is 0 Å². The minimum Gasteiger partial charge on any atom is -0.355 e. The fraction of sp³-hybridized carbons (Fsp3) is 0.474. The molecular formula is C19H31IN4OS. The van der Waals surface area contributed by atoms with Crippen molar-refractivity contribution in [1.29, 1.82) is 0 Å².